The topological polar surface area (TPSA) is 58.4 Å². The molecule has 2 atom stereocenters. The normalized spacial score (nSPS) is 15.5. The first-order valence-electron chi connectivity index (χ1n) is 5.68. The monoisotopic (exact) mass is 215 g/mol. The SMILES string of the molecule is CCCC(C)N(C)C(C(=O)NN)C(C)C. The third kappa shape index (κ3) is 4.18. The van der Waals surface area contributed by atoms with Crippen molar-refractivity contribution in [3.8, 4) is 0 Å². The van der Waals surface area contributed by atoms with Crippen LogP contribution in [0, 0.1) is 5.92 Å². The maximum Gasteiger partial charge on any atom is 0.251 e. The fraction of sp³-hybridized carbons (Fsp3) is 0.909. The maximum absolute atomic E-state index is 11.6. The highest BCUT2D eigenvalue weighted by molar-refractivity contribution is 5.81. The van der Waals surface area contributed by atoms with Crippen LogP contribution in [0.2, 0.25) is 0 Å². The summed E-state index contributed by atoms with van der Waals surface area (Å²) >= 11 is 0. The highest BCUT2D eigenvalue weighted by Gasteiger charge is 2.28. The molecular weight excluding hydrogens is 190 g/mol. The maximum atomic E-state index is 11.6. The van der Waals surface area contributed by atoms with Crippen LogP contribution in [-0.4, -0.2) is 29.9 Å². The summed E-state index contributed by atoms with van der Waals surface area (Å²) in [5.41, 5.74) is 2.24. The highest BCUT2D eigenvalue weighted by atomic mass is 16.2. The van der Waals surface area contributed by atoms with Crippen LogP contribution in [0.25, 0.3) is 0 Å². The van der Waals surface area contributed by atoms with Crippen LogP contribution in [-0.2, 0) is 4.79 Å². The lowest BCUT2D eigenvalue weighted by Crippen LogP contribution is -2.52. The van der Waals surface area contributed by atoms with E-state index in [0.717, 1.165) is 12.8 Å². The van der Waals surface area contributed by atoms with Crippen molar-refractivity contribution >= 4 is 5.91 Å². The van der Waals surface area contributed by atoms with Crippen LogP contribution < -0.4 is 11.3 Å². The molecule has 0 spiro atoms. The van der Waals surface area contributed by atoms with Gasteiger partial charge in [-0.1, -0.05) is 27.2 Å². The Morgan fingerprint density at radius 2 is 1.93 bits per heavy atom. The first-order chi connectivity index (χ1) is 6.95. The number of hydrazine groups is 1. The van der Waals surface area contributed by atoms with Gasteiger partial charge in [-0.2, -0.15) is 0 Å². The van der Waals surface area contributed by atoms with Crippen LogP contribution in [0.5, 0.6) is 0 Å². The molecule has 0 aromatic carbocycles. The summed E-state index contributed by atoms with van der Waals surface area (Å²) in [7, 11) is 1.99. The number of nitrogens with zero attached hydrogens (tertiary/aromatic N) is 1. The van der Waals surface area contributed by atoms with Crippen LogP contribution in [0.3, 0.4) is 0 Å². The number of nitrogens with two attached hydrogens (primary N) is 1. The van der Waals surface area contributed by atoms with Crippen molar-refractivity contribution in [1.29, 1.82) is 0 Å². The van der Waals surface area contributed by atoms with Crippen LogP contribution in [0.4, 0.5) is 0 Å². The molecule has 0 saturated heterocycles. The van der Waals surface area contributed by atoms with Crippen LogP contribution in [0.1, 0.15) is 40.5 Å². The van der Waals surface area contributed by atoms with Crippen molar-refractivity contribution in [1.82, 2.24) is 10.3 Å². The van der Waals surface area contributed by atoms with Gasteiger partial charge in [0.1, 0.15) is 0 Å². The van der Waals surface area contributed by atoms with Crippen molar-refractivity contribution in [2.24, 2.45) is 11.8 Å². The molecule has 0 fully saturated rings. The van der Waals surface area contributed by atoms with E-state index >= 15 is 0 Å². The van der Waals surface area contributed by atoms with E-state index in [4.69, 9.17) is 5.84 Å². The van der Waals surface area contributed by atoms with Crippen molar-refractivity contribution in [2.75, 3.05) is 7.05 Å². The van der Waals surface area contributed by atoms with E-state index in [1.807, 2.05) is 20.9 Å². The summed E-state index contributed by atoms with van der Waals surface area (Å²) in [6.07, 6.45) is 2.22. The lowest BCUT2D eigenvalue weighted by Gasteiger charge is -2.34. The molecule has 0 saturated carbocycles. The molecule has 15 heavy (non-hydrogen) atoms. The fourth-order valence-electron chi connectivity index (χ4n) is 1.94. The number of carbonyl (C=O) groups excluding carboxylic acids is 1. The third-order valence-corrected chi connectivity index (χ3v) is 2.88. The Hall–Kier alpha value is -0.610. The molecular formula is C11H25N3O. The molecule has 0 rings (SSSR count). The Bertz CT molecular complexity index is 194. The molecule has 4 nitrogen and oxygen atoms in total. The van der Waals surface area contributed by atoms with Gasteiger partial charge in [0.2, 0.25) is 0 Å². The van der Waals surface area contributed by atoms with E-state index in [1.54, 1.807) is 0 Å². The average molecular weight is 215 g/mol. The van der Waals surface area contributed by atoms with Crippen molar-refractivity contribution in [3.63, 3.8) is 0 Å². The lowest BCUT2D eigenvalue weighted by molar-refractivity contribution is -0.128. The zero-order valence-corrected chi connectivity index (χ0v) is 10.6. The van der Waals surface area contributed by atoms with E-state index in [1.165, 1.54) is 0 Å². The lowest BCUT2D eigenvalue weighted by atomic mass is 9.99. The summed E-state index contributed by atoms with van der Waals surface area (Å²) < 4.78 is 0. The van der Waals surface area contributed by atoms with Crippen molar-refractivity contribution in [3.05, 3.63) is 0 Å². The highest BCUT2D eigenvalue weighted by Crippen LogP contribution is 2.15. The largest absolute Gasteiger partial charge is 0.293 e. The second kappa shape index (κ2) is 6.80. The summed E-state index contributed by atoms with van der Waals surface area (Å²) in [6, 6.07) is 0.260. The average Bonchev–Trinajstić information content (AvgIpc) is 2.17. The number of hydrogen-bond acceptors (Lipinski definition) is 3. The quantitative estimate of drug-likeness (QED) is 0.396. The summed E-state index contributed by atoms with van der Waals surface area (Å²) in [5.74, 6) is 5.36. The van der Waals surface area contributed by atoms with Crippen LogP contribution in [0.15, 0.2) is 0 Å². The molecule has 0 heterocycles. The summed E-state index contributed by atoms with van der Waals surface area (Å²) in [5, 5.41) is 0. The molecule has 0 aromatic heterocycles. The predicted octanol–water partition coefficient (Wildman–Crippen LogP) is 1.12. The van der Waals surface area contributed by atoms with E-state index < -0.39 is 0 Å². The molecule has 0 aliphatic heterocycles. The zero-order chi connectivity index (χ0) is 12.0. The minimum absolute atomic E-state index is 0.101. The molecule has 0 aliphatic rings. The Kier molecular flexibility index (Phi) is 6.52. The summed E-state index contributed by atoms with van der Waals surface area (Å²) in [6.45, 7) is 8.37. The van der Waals surface area contributed by atoms with Gasteiger partial charge >= 0.3 is 0 Å². The molecule has 2 unspecified atom stereocenters. The Balaban J connectivity index is 4.54. The van der Waals surface area contributed by atoms with Gasteiger partial charge in [-0.05, 0) is 26.3 Å². The molecule has 0 aliphatic carbocycles. The number of carbonyl (C=O) groups is 1. The molecule has 4 heteroatoms. The molecule has 3 N–H and O–H groups in total. The van der Waals surface area contributed by atoms with Crippen molar-refractivity contribution in [2.45, 2.75) is 52.6 Å². The van der Waals surface area contributed by atoms with E-state index in [9.17, 15) is 4.79 Å². The van der Waals surface area contributed by atoms with E-state index in [2.05, 4.69) is 24.2 Å². The number of amides is 1. The smallest absolute Gasteiger partial charge is 0.251 e. The van der Waals surface area contributed by atoms with Gasteiger partial charge in [0.15, 0.2) is 0 Å². The third-order valence-electron chi connectivity index (χ3n) is 2.88. The number of nitrogens with one attached hydrogen (secondary N) is 1. The molecule has 0 aromatic rings. The first kappa shape index (κ1) is 14.4. The summed E-state index contributed by atoms with van der Waals surface area (Å²) in [4.78, 5) is 13.7. The number of likely N-dealkylation sites (N-methyl/N-ethyl adjacent to an activating group) is 1. The number of hydrogen-bond donors (Lipinski definition) is 2. The molecule has 1 amide bonds. The van der Waals surface area contributed by atoms with Gasteiger partial charge in [0, 0.05) is 6.04 Å². The molecule has 0 radical (unpaired) electrons. The van der Waals surface area contributed by atoms with E-state index in [0.29, 0.717) is 6.04 Å². The van der Waals surface area contributed by atoms with Crippen molar-refractivity contribution < 1.29 is 4.79 Å². The second-order valence-corrected chi connectivity index (χ2v) is 4.50. The minimum atomic E-state index is -0.142. The molecule has 90 valence electrons. The minimum Gasteiger partial charge on any atom is -0.293 e. The van der Waals surface area contributed by atoms with Gasteiger partial charge < -0.3 is 0 Å². The standard InChI is InChI=1S/C11H25N3O/c1-6-7-9(4)14(5)10(8(2)3)11(15)13-12/h8-10H,6-7,12H2,1-5H3,(H,13,15). The number of rotatable bonds is 6. The first-order valence-corrected chi connectivity index (χ1v) is 5.68. The van der Waals surface area contributed by atoms with Crippen LogP contribution >= 0.6 is 0 Å². The zero-order valence-electron chi connectivity index (χ0n) is 10.6. The Morgan fingerprint density at radius 3 is 2.27 bits per heavy atom. The predicted molar refractivity (Wildman–Crippen MR) is 63.1 cm³/mol. The van der Waals surface area contributed by atoms with Gasteiger partial charge in [-0.25, -0.2) is 5.84 Å². The van der Waals surface area contributed by atoms with Gasteiger partial charge in [-0.15, -0.1) is 0 Å². The Labute approximate surface area is 93.2 Å². The van der Waals surface area contributed by atoms with Gasteiger partial charge in [-0.3, -0.25) is 15.1 Å². The Morgan fingerprint density at radius 1 is 1.40 bits per heavy atom. The molecule has 0 bridgehead atoms. The van der Waals surface area contributed by atoms with Gasteiger partial charge in [0.25, 0.3) is 5.91 Å². The fourth-order valence-corrected chi connectivity index (χ4v) is 1.94. The van der Waals surface area contributed by atoms with E-state index in [-0.39, 0.29) is 17.9 Å². The second-order valence-electron chi connectivity index (χ2n) is 4.50. The van der Waals surface area contributed by atoms with Gasteiger partial charge in [0.05, 0.1) is 6.04 Å².